The molecule has 0 aliphatic carbocycles. The van der Waals surface area contributed by atoms with Gasteiger partial charge >= 0.3 is 0 Å². The van der Waals surface area contributed by atoms with E-state index < -0.39 is 25.9 Å². The van der Waals surface area contributed by atoms with Crippen molar-refractivity contribution in [3.05, 3.63) is 15.8 Å². The molecule has 1 aliphatic heterocycles. The summed E-state index contributed by atoms with van der Waals surface area (Å²) in [6, 6.07) is 1.12. The summed E-state index contributed by atoms with van der Waals surface area (Å²) < 4.78 is 49.9. The zero-order valence-electron chi connectivity index (χ0n) is 11.3. The molecular weight excluding hydrogens is 320 g/mol. The van der Waals surface area contributed by atoms with Gasteiger partial charge in [0.25, 0.3) is 0 Å². The number of nitrogens with one attached hydrogen (secondary N) is 2. The fraction of sp³-hybridized carbons (Fsp3) is 0.636. The van der Waals surface area contributed by atoms with Crippen molar-refractivity contribution in [2.45, 2.75) is 30.8 Å². The lowest BCUT2D eigenvalue weighted by molar-refractivity contribution is 0.562. The van der Waals surface area contributed by atoms with E-state index in [0.717, 1.165) is 4.88 Å². The zero-order valence-corrected chi connectivity index (χ0v) is 13.8. The van der Waals surface area contributed by atoms with E-state index in [-0.39, 0.29) is 16.4 Å². The largest absolute Gasteiger partial charge is 0.315 e. The first kappa shape index (κ1) is 15.9. The molecule has 1 saturated heterocycles. The summed E-state index contributed by atoms with van der Waals surface area (Å²) in [4.78, 5) is 1.89. The highest BCUT2D eigenvalue weighted by atomic mass is 32.2. The van der Waals surface area contributed by atoms with Crippen LogP contribution in [0.2, 0.25) is 0 Å². The molecule has 0 radical (unpaired) electrons. The number of hydrogen-bond donors (Lipinski definition) is 2. The van der Waals surface area contributed by atoms with Crippen LogP contribution in [0.25, 0.3) is 0 Å². The van der Waals surface area contributed by atoms with Gasteiger partial charge in [0, 0.05) is 22.3 Å². The van der Waals surface area contributed by atoms with Gasteiger partial charge in [-0.2, -0.15) is 0 Å². The number of aryl methyl sites for hydroxylation is 1. The number of thiophene rings is 1. The maximum Gasteiger partial charge on any atom is 0.241 e. The Bertz CT molecular complexity index is 691. The predicted octanol–water partition coefficient (Wildman–Crippen LogP) is 0.241. The Hall–Kier alpha value is -0.480. The van der Waals surface area contributed by atoms with Crippen molar-refractivity contribution < 1.29 is 16.8 Å². The molecule has 0 aromatic carbocycles. The van der Waals surface area contributed by atoms with Crippen LogP contribution in [0.4, 0.5) is 0 Å². The Morgan fingerprint density at radius 3 is 2.70 bits per heavy atom. The fourth-order valence-electron chi connectivity index (χ4n) is 2.22. The standard InChI is InChI=1S/C11H18N2O4S3/c1-8-11(5-10(18-8)6-12-2)20(16,17)13-9-3-4-19(14,15)7-9/h5,9,12-13H,3-4,6-7H2,1-2H3. The molecule has 2 heterocycles. The third-order valence-corrected chi connectivity index (χ3v) is 7.71. The summed E-state index contributed by atoms with van der Waals surface area (Å²) in [5.41, 5.74) is 0. The van der Waals surface area contributed by atoms with Crippen LogP contribution in [0, 0.1) is 6.92 Å². The minimum absolute atomic E-state index is 0.0494. The molecular formula is C11H18N2O4S3. The zero-order chi connectivity index (χ0) is 15.0. The normalized spacial score (nSPS) is 22.2. The monoisotopic (exact) mass is 338 g/mol. The van der Waals surface area contributed by atoms with Crippen LogP contribution in [0.5, 0.6) is 0 Å². The molecule has 1 unspecified atom stereocenters. The molecule has 0 bridgehead atoms. The van der Waals surface area contributed by atoms with Crippen LogP contribution >= 0.6 is 11.3 Å². The van der Waals surface area contributed by atoms with E-state index >= 15 is 0 Å². The summed E-state index contributed by atoms with van der Waals surface area (Å²) in [5.74, 6) is -0.0629. The molecule has 1 aromatic rings. The Morgan fingerprint density at radius 1 is 1.45 bits per heavy atom. The van der Waals surface area contributed by atoms with E-state index in [0.29, 0.717) is 17.8 Å². The third kappa shape index (κ3) is 3.59. The first-order chi connectivity index (χ1) is 9.23. The van der Waals surface area contributed by atoms with Crippen molar-refractivity contribution in [3.8, 4) is 0 Å². The third-order valence-electron chi connectivity index (χ3n) is 3.12. The molecule has 2 rings (SSSR count). The fourth-order valence-corrected chi connectivity index (χ4v) is 6.92. The topological polar surface area (TPSA) is 92.3 Å². The van der Waals surface area contributed by atoms with Crippen molar-refractivity contribution in [1.82, 2.24) is 10.0 Å². The minimum atomic E-state index is -3.65. The van der Waals surface area contributed by atoms with Crippen LogP contribution in [-0.4, -0.2) is 41.4 Å². The second kappa shape index (κ2) is 5.72. The second-order valence-electron chi connectivity index (χ2n) is 4.88. The molecule has 1 atom stereocenters. The van der Waals surface area contributed by atoms with Gasteiger partial charge in [-0.05, 0) is 26.5 Å². The smallest absolute Gasteiger partial charge is 0.241 e. The molecule has 2 N–H and O–H groups in total. The van der Waals surface area contributed by atoms with Gasteiger partial charge in [-0.25, -0.2) is 21.6 Å². The maximum absolute atomic E-state index is 12.3. The summed E-state index contributed by atoms with van der Waals surface area (Å²) in [6.45, 7) is 2.36. The van der Waals surface area contributed by atoms with E-state index in [1.54, 1.807) is 20.0 Å². The first-order valence-electron chi connectivity index (χ1n) is 6.20. The van der Waals surface area contributed by atoms with Gasteiger partial charge in [-0.3, -0.25) is 0 Å². The van der Waals surface area contributed by atoms with Gasteiger partial charge in [0.15, 0.2) is 9.84 Å². The Balaban J connectivity index is 2.18. The van der Waals surface area contributed by atoms with Crippen LogP contribution in [0.3, 0.4) is 0 Å². The van der Waals surface area contributed by atoms with Crippen LogP contribution in [-0.2, 0) is 26.4 Å². The van der Waals surface area contributed by atoms with Crippen molar-refractivity contribution in [2.24, 2.45) is 0 Å². The summed E-state index contributed by atoms with van der Waals surface area (Å²) in [5, 5.41) is 2.98. The molecule has 1 aromatic heterocycles. The van der Waals surface area contributed by atoms with Crippen molar-refractivity contribution in [2.75, 3.05) is 18.6 Å². The first-order valence-corrected chi connectivity index (χ1v) is 10.3. The summed E-state index contributed by atoms with van der Waals surface area (Å²) in [7, 11) is -4.96. The highest BCUT2D eigenvalue weighted by Crippen LogP contribution is 2.26. The SMILES string of the molecule is CNCc1cc(S(=O)(=O)NC2CCS(=O)(=O)C2)c(C)s1. The lowest BCUT2D eigenvalue weighted by atomic mass is 10.3. The Kier molecular flexibility index (Phi) is 4.55. The van der Waals surface area contributed by atoms with Crippen molar-refractivity contribution in [3.63, 3.8) is 0 Å². The number of sulfonamides is 1. The molecule has 9 heteroatoms. The van der Waals surface area contributed by atoms with Gasteiger partial charge in [0.05, 0.1) is 16.4 Å². The maximum atomic E-state index is 12.3. The summed E-state index contributed by atoms with van der Waals surface area (Å²) in [6.07, 6.45) is 0.341. The van der Waals surface area contributed by atoms with Crippen LogP contribution < -0.4 is 10.0 Å². The highest BCUT2D eigenvalue weighted by Gasteiger charge is 2.32. The predicted molar refractivity (Wildman–Crippen MR) is 79.2 cm³/mol. The van der Waals surface area contributed by atoms with Gasteiger partial charge in [-0.15, -0.1) is 11.3 Å². The average Bonchev–Trinajstić information content (AvgIpc) is 2.82. The quantitative estimate of drug-likeness (QED) is 0.802. The molecule has 0 saturated carbocycles. The highest BCUT2D eigenvalue weighted by molar-refractivity contribution is 7.92. The molecule has 114 valence electrons. The van der Waals surface area contributed by atoms with Gasteiger partial charge in [-0.1, -0.05) is 0 Å². The van der Waals surface area contributed by atoms with E-state index in [1.807, 2.05) is 0 Å². The number of hydrogen-bond acceptors (Lipinski definition) is 6. The molecule has 0 amide bonds. The van der Waals surface area contributed by atoms with E-state index in [1.165, 1.54) is 11.3 Å². The van der Waals surface area contributed by atoms with Crippen molar-refractivity contribution >= 4 is 31.2 Å². The molecule has 20 heavy (non-hydrogen) atoms. The van der Waals surface area contributed by atoms with Gasteiger partial charge < -0.3 is 5.32 Å². The van der Waals surface area contributed by atoms with Crippen LogP contribution in [0.15, 0.2) is 11.0 Å². The van der Waals surface area contributed by atoms with Gasteiger partial charge in [0.1, 0.15) is 0 Å². The lowest BCUT2D eigenvalue weighted by Crippen LogP contribution is -2.35. The van der Waals surface area contributed by atoms with Crippen LogP contribution in [0.1, 0.15) is 16.2 Å². The molecule has 1 fully saturated rings. The Morgan fingerprint density at radius 2 is 2.15 bits per heavy atom. The summed E-state index contributed by atoms with van der Waals surface area (Å²) >= 11 is 1.42. The molecule has 1 aliphatic rings. The second-order valence-corrected chi connectivity index (χ2v) is 10.1. The van der Waals surface area contributed by atoms with E-state index in [2.05, 4.69) is 10.0 Å². The van der Waals surface area contributed by atoms with E-state index in [4.69, 9.17) is 0 Å². The lowest BCUT2D eigenvalue weighted by Gasteiger charge is -2.11. The van der Waals surface area contributed by atoms with Gasteiger partial charge in [0.2, 0.25) is 10.0 Å². The molecule has 0 spiro atoms. The van der Waals surface area contributed by atoms with Crippen molar-refractivity contribution in [1.29, 1.82) is 0 Å². The average molecular weight is 338 g/mol. The Labute approximate surface area is 123 Å². The number of rotatable bonds is 5. The minimum Gasteiger partial charge on any atom is -0.315 e. The number of sulfone groups is 1. The molecule has 6 nitrogen and oxygen atoms in total. The van der Waals surface area contributed by atoms with E-state index in [9.17, 15) is 16.8 Å².